The summed E-state index contributed by atoms with van der Waals surface area (Å²) in [6, 6.07) is 4.49. The van der Waals surface area contributed by atoms with Gasteiger partial charge in [0.05, 0.1) is 12.2 Å². The molecule has 1 aromatic carbocycles. The zero-order chi connectivity index (χ0) is 14.5. The van der Waals surface area contributed by atoms with Gasteiger partial charge in [-0.15, -0.1) is 0 Å². The third-order valence-electron chi connectivity index (χ3n) is 2.04. The van der Waals surface area contributed by atoms with E-state index in [1.165, 1.54) is 12.1 Å². The molecule has 0 fully saturated rings. The van der Waals surface area contributed by atoms with E-state index in [1.54, 1.807) is 6.07 Å². The number of rotatable bonds is 6. The highest BCUT2D eigenvalue weighted by Crippen LogP contribution is 2.21. The Morgan fingerprint density at radius 2 is 2.11 bits per heavy atom. The van der Waals surface area contributed by atoms with Crippen LogP contribution in [-0.2, 0) is 4.74 Å². The van der Waals surface area contributed by atoms with Crippen molar-refractivity contribution in [1.82, 2.24) is 0 Å². The van der Waals surface area contributed by atoms with Crippen LogP contribution in [0.1, 0.15) is 10.4 Å². The van der Waals surface area contributed by atoms with Crippen molar-refractivity contribution < 1.29 is 27.8 Å². The lowest BCUT2D eigenvalue weighted by Gasteiger charge is -2.11. The minimum absolute atomic E-state index is 0.0408. The van der Waals surface area contributed by atoms with E-state index in [9.17, 15) is 18.0 Å². The van der Waals surface area contributed by atoms with Gasteiger partial charge in [0.2, 0.25) is 0 Å². The summed E-state index contributed by atoms with van der Waals surface area (Å²) in [6.45, 7) is -1.42. The zero-order valence-electron chi connectivity index (χ0n) is 9.63. The minimum Gasteiger partial charge on any atom is -0.478 e. The summed E-state index contributed by atoms with van der Waals surface area (Å²) in [4.78, 5) is 10.9. The fourth-order valence-corrected chi connectivity index (χ4v) is 1.66. The summed E-state index contributed by atoms with van der Waals surface area (Å²) in [5, 5.41) is 11.6. The highest BCUT2D eigenvalue weighted by Gasteiger charge is 2.27. The molecule has 1 aromatic rings. The number of benzene rings is 1. The van der Waals surface area contributed by atoms with Crippen LogP contribution in [0.25, 0.3) is 0 Å². The molecule has 0 bridgehead atoms. The number of hydrogen-bond acceptors (Lipinski definition) is 3. The summed E-state index contributed by atoms with van der Waals surface area (Å²) < 4.78 is 40.5. The summed E-state index contributed by atoms with van der Waals surface area (Å²) >= 11 is 3.18. The zero-order valence-corrected chi connectivity index (χ0v) is 11.2. The van der Waals surface area contributed by atoms with Crippen LogP contribution in [0.15, 0.2) is 22.7 Å². The van der Waals surface area contributed by atoms with Crippen molar-refractivity contribution in [2.24, 2.45) is 0 Å². The predicted octanol–water partition coefficient (Wildman–Crippen LogP) is 3.14. The summed E-state index contributed by atoms with van der Waals surface area (Å²) in [6.07, 6.45) is -4.36. The van der Waals surface area contributed by atoms with E-state index in [0.717, 1.165) is 0 Å². The third-order valence-corrected chi connectivity index (χ3v) is 2.53. The Morgan fingerprint density at radius 3 is 2.68 bits per heavy atom. The standard InChI is InChI=1S/C11H11BrF3NO3/c12-7-1-2-8(10(17)18)9(5-7)16-3-4-19-6-11(13,14)15/h1-2,5,16H,3-4,6H2,(H,17,18). The fourth-order valence-electron chi connectivity index (χ4n) is 1.29. The van der Waals surface area contributed by atoms with Crippen LogP contribution < -0.4 is 5.32 Å². The van der Waals surface area contributed by atoms with Crippen LogP contribution in [0, 0.1) is 0 Å². The number of halogens is 4. The largest absolute Gasteiger partial charge is 0.478 e. The smallest absolute Gasteiger partial charge is 0.411 e. The molecular formula is C11H11BrF3NO3. The molecular weight excluding hydrogens is 331 g/mol. The van der Waals surface area contributed by atoms with Gasteiger partial charge in [-0.2, -0.15) is 13.2 Å². The van der Waals surface area contributed by atoms with Gasteiger partial charge in [-0.3, -0.25) is 0 Å². The molecule has 19 heavy (non-hydrogen) atoms. The van der Waals surface area contributed by atoms with Crippen LogP contribution in [0.2, 0.25) is 0 Å². The van der Waals surface area contributed by atoms with Gasteiger partial charge in [0.25, 0.3) is 0 Å². The number of ether oxygens (including phenoxy) is 1. The molecule has 0 aliphatic rings. The molecule has 1 rings (SSSR count). The first-order chi connectivity index (χ1) is 8.79. The first-order valence-corrected chi connectivity index (χ1v) is 6.00. The van der Waals surface area contributed by atoms with Gasteiger partial charge >= 0.3 is 12.1 Å². The molecule has 0 saturated heterocycles. The summed E-state index contributed by atoms with van der Waals surface area (Å²) in [7, 11) is 0. The van der Waals surface area contributed by atoms with Crippen molar-refractivity contribution in [2.45, 2.75) is 6.18 Å². The molecule has 0 aliphatic carbocycles. The molecule has 0 amide bonds. The molecule has 0 saturated carbocycles. The SMILES string of the molecule is O=C(O)c1ccc(Br)cc1NCCOCC(F)(F)F. The molecule has 2 N–H and O–H groups in total. The number of carboxylic acid groups (broad SMARTS) is 1. The van der Waals surface area contributed by atoms with E-state index in [0.29, 0.717) is 10.2 Å². The summed E-state index contributed by atoms with van der Waals surface area (Å²) in [5.74, 6) is -1.12. The molecule has 0 atom stereocenters. The van der Waals surface area contributed by atoms with Gasteiger partial charge in [0, 0.05) is 16.7 Å². The maximum absolute atomic E-state index is 11.8. The topological polar surface area (TPSA) is 58.6 Å². The second-order valence-corrected chi connectivity index (χ2v) is 4.51. The third kappa shape index (κ3) is 5.93. The Hall–Kier alpha value is -1.28. The first-order valence-electron chi connectivity index (χ1n) is 5.21. The Labute approximate surface area is 115 Å². The summed E-state index contributed by atoms with van der Waals surface area (Å²) in [5.41, 5.74) is 0.358. The van der Waals surface area contributed by atoms with Gasteiger partial charge in [0.1, 0.15) is 6.61 Å². The Morgan fingerprint density at radius 1 is 1.42 bits per heavy atom. The lowest BCUT2D eigenvalue weighted by molar-refractivity contribution is -0.172. The molecule has 106 valence electrons. The van der Waals surface area contributed by atoms with Crippen molar-refractivity contribution in [1.29, 1.82) is 0 Å². The van der Waals surface area contributed by atoms with Crippen molar-refractivity contribution >= 4 is 27.6 Å². The Kier molecular flexibility index (Phi) is 5.61. The average molecular weight is 342 g/mol. The van der Waals surface area contributed by atoms with E-state index in [1.807, 2.05) is 0 Å². The van der Waals surface area contributed by atoms with E-state index in [-0.39, 0.29) is 18.7 Å². The number of nitrogens with one attached hydrogen (secondary N) is 1. The number of alkyl halides is 3. The first kappa shape index (κ1) is 15.8. The van der Waals surface area contributed by atoms with E-state index >= 15 is 0 Å². The van der Waals surface area contributed by atoms with E-state index < -0.39 is 18.8 Å². The monoisotopic (exact) mass is 341 g/mol. The average Bonchev–Trinajstić information content (AvgIpc) is 2.26. The minimum atomic E-state index is -4.36. The lowest BCUT2D eigenvalue weighted by atomic mass is 10.2. The van der Waals surface area contributed by atoms with Crippen molar-refractivity contribution in [2.75, 3.05) is 25.1 Å². The lowest BCUT2D eigenvalue weighted by Crippen LogP contribution is -2.20. The maximum atomic E-state index is 11.8. The number of carbonyl (C=O) groups is 1. The molecule has 8 heteroatoms. The number of anilines is 1. The van der Waals surface area contributed by atoms with Gasteiger partial charge in [-0.1, -0.05) is 15.9 Å². The van der Waals surface area contributed by atoms with Gasteiger partial charge in [-0.25, -0.2) is 4.79 Å². The number of carboxylic acids is 1. The van der Waals surface area contributed by atoms with Crippen LogP contribution in [-0.4, -0.2) is 37.0 Å². The van der Waals surface area contributed by atoms with Crippen LogP contribution >= 0.6 is 15.9 Å². The van der Waals surface area contributed by atoms with Gasteiger partial charge in [0.15, 0.2) is 0 Å². The van der Waals surface area contributed by atoms with Crippen molar-refractivity contribution in [3.8, 4) is 0 Å². The second-order valence-electron chi connectivity index (χ2n) is 3.59. The second kappa shape index (κ2) is 6.76. The predicted molar refractivity (Wildman–Crippen MR) is 66.5 cm³/mol. The molecule has 0 radical (unpaired) electrons. The molecule has 0 unspecified atom stereocenters. The molecule has 0 spiro atoms. The molecule has 0 aromatic heterocycles. The highest BCUT2D eigenvalue weighted by molar-refractivity contribution is 9.10. The fraction of sp³-hybridized carbons (Fsp3) is 0.364. The maximum Gasteiger partial charge on any atom is 0.411 e. The Bertz CT molecular complexity index is 451. The quantitative estimate of drug-likeness (QED) is 0.780. The van der Waals surface area contributed by atoms with Gasteiger partial charge < -0.3 is 15.2 Å². The highest BCUT2D eigenvalue weighted by atomic mass is 79.9. The van der Waals surface area contributed by atoms with Crippen LogP contribution in [0.5, 0.6) is 0 Å². The number of hydrogen-bond donors (Lipinski definition) is 2. The Balaban J connectivity index is 2.49. The van der Waals surface area contributed by atoms with Crippen molar-refractivity contribution in [3.05, 3.63) is 28.2 Å². The van der Waals surface area contributed by atoms with Crippen molar-refractivity contribution in [3.63, 3.8) is 0 Å². The van der Waals surface area contributed by atoms with Crippen LogP contribution in [0.3, 0.4) is 0 Å². The molecule has 4 nitrogen and oxygen atoms in total. The molecule has 0 heterocycles. The molecule has 0 aliphatic heterocycles. The normalized spacial score (nSPS) is 11.4. The van der Waals surface area contributed by atoms with Crippen LogP contribution in [0.4, 0.5) is 18.9 Å². The number of aromatic carboxylic acids is 1. The van der Waals surface area contributed by atoms with Gasteiger partial charge in [-0.05, 0) is 18.2 Å². The van der Waals surface area contributed by atoms with E-state index in [4.69, 9.17) is 5.11 Å². The van der Waals surface area contributed by atoms with E-state index in [2.05, 4.69) is 26.0 Å².